The van der Waals surface area contributed by atoms with Gasteiger partial charge in [-0.05, 0) is 12.1 Å². The van der Waals surface area contributed by atoms with E-state index in [2.05, 4.69) is 0 Å². The van der Waals surface area contributed by atoms with E-state index in [9.17, 15) is 13.2 Å². The van der Waals surface area contributed by atoms with E-state index in [0.29, 0.717) is 12.0 Å². The van der Waals surface area contributed by atoms with E-state index >= 15 is 0 Å². The molecular formula is C11H14O5S. The van der Waals surface area contributed by atoms with Gasteiger partial charge >= 0.3 is 0 Å². The fourth-order valence-corrected chi connectivity index (χ4v) is 2.72. The molecule has 1 aromatic carbocycles. The number of carbonyl (C=O) groups is 1. The quantitative estimate of drug-likeness (QED) is 0.714. The van der Waals surface area contributed by atoms with Crippen LogP contribution < -0.4 is 9.47 Å². The van der Waals surface area contributed by atoms with E-state index in [-0.39, 0.29) is 22.8 Å². The summed E-state index contributed by atoms with van der Waals surface area (Å²) in [5.41, 5.74) is 0. The first kappa shape index (κ1) is 13.5. The van der Waals surface area contributed by atoms with Crippen molar-refractivity contribution in [2.24, 2.45) is 0 Å². The second kappa shape index (κ2) is 5.67. The van der Waals surface area contributed by atoms with Crippen LogP contribution in [0.15, 0.2) is 23.1 Å². The number of ether oxygens (including phenoxy) is 2. The third-order valence-corrected chi connectivity index (χ3v) is 3.97. The van der Waals surface area contributed by atoms with Gasteiger partial charge in [-0.3, -0.25) is 0 Å². The van der Waals surface area contributed by atoms with Crippen molar-refractivity contribution in [3.05, 3.63) is 18.2 Å². The molecule has 0 aliphatic heterocycles. The van der Waals surface area contributed by atoms with Gasteiger partial charge in [0.1, 0.15) is 22.7 Å². The monoisotopic (exact) mass is 258 g/mol. The van der Waals surface area contributed by atoms with Crippen molar-refractivity contribution in [1.29, 1.82) is 0 Å². The lowest BCUT2D eigenvalue weighted by Gasteiger charge is -2.10. The van der Waals surface area contributed by atoms with Crippen molar-refractivity contribution in [3.63, 3.8) is 0 Å². The molecule has 0 unspecified atom stereocenters. The minimum absolute atomic E-state index is 0.0390. The van der Waals surface area contributed by atoms with Gasteiger partial charge in [0.05, 0.1) is 20.0 Å². The molecule has 5 nitrogen and oxygen atoms in total. The molecule has 0 radical (unpaired) electrons. The average molecular weight is 258 g/mol. The molecule has 1 aromatic rings. The maximum Gasteiger partial charge on any atom is 0.182 e. The first-order valence-corrected chi connectivity index (χ1v) is 6.59. The third kappa shape index (κ3) is 3.20. The Morgan fingerprint density at radius 1 is 1.24 bits per heavy atom. The van der Waals surface area contributed by atoms with Gasteiger partial charge in [-0.2, -0.15) is 0 Å². The maximum absolute atomic E-state index is 11.9. The lowest BCUT2D eigenvalue weighted by Crippen LogP contribution is -2.09. The minimum atomic E-state index is -3.53. The van der Waals surface area contributed by atoms with Crippen molar-refractivity contribution in [3.8, 4) is 11.5 Å². The Balaban J connectivity index is 3.22. The predicted octanol–water partition coefficient (Wildman–Crippen LogP) is 1.07. The van der Waals surface area contributed by atoms with Crippen LogP contribution in [-0.4, -0.2) is 34.7 Å². The SMILES string of the molecule is COc1ccc(OC)c(S(=O)(=O)CCC=O)c1. The van der Waals surface area contributed by atoms with Crippen LogP contribution in [0.25, 0.3) is 0 Å². The Morgan fingerprint density at radius 3 is 2.47 bits per heavy atom. The lowest BCUT2D eigenvalue weighted by atomic mass is 10.3. The fourth-order valence-electron chi connectivity index (χ4n) is 1.34. The van der Waals surface area contributed by atoms with E-state index in [1.165, 1.54) is 26.4 Å². The Labute approximate surface area is 100 Å². The molecule has 0 aliphatic rings. The van der Waals surface area contributed by atoms with Crippen LogP contribution in [0.5, 0.6) is 11.5 Å². The molecule has 0 heterocycles. The Hall–Kier alpha value is -1.56. The Bertz CT molecular complexity index is 493. The summed E-state index contributed by atoms with van der Waals surface area (Å²) in [6.45, 7) is 0. The number of hydrogen-bond donors (Lipinski definition) is 0. The Morgan fingerprint density at radius 2 is 1.94 bits per heavy atom. The molecule has 0 N–H and O–H groups in total. The lowest BCUT2D eigenvalue weighted by molar-refractivity contribution is -0.107. The number of carbonyl (C=O) groups excluding carboxylic acids is 1. The summed E-state index contributed by atoms with van der Waals surface area (Å²) in [7, 11) is -0.697. The highest BCUT2D eigenvalue weighted by atomic mass is 32.2. The summed E-state index contributed by atoms with van der Waals surface area (Å²) in [4.78, 5) is 10.3. The smallest absolute Gasteiger partial charge is 0.182 e. The molecule has 0 aliphatic carbocycles. The predicted molar refractivity (Wildman–Crippen MR) is 62.3 cm³/mol. The number of rotatable bonds is 6. The maximum atomic E-state index is 11.9. The van der Waals surface area contributed by atoms with Crippen LogP contribution in [0.2, 0.25) is 0 Å². The van der Waals surface area contributed by atoms with Gasteiger partial charge in [-0.15, -0.1) is 0 Å². The molecule has 0 bridgehead atoms. The molecule has 0 saturated carbocycles. The molecular weight excluding hydrogens is 244 g/mol. The van der Waals surface area contributed by atoms with Crippen molar-refractivity contribution < 1.29 is 22.7 Å². The van der Waals surface area contributed by atoms with Crippen LogP contribution in [0.1, 0.15) is 6.42 Å². The molecule has 94 valence electrons. The van der Waals surface area contributed by atoms with Crippen LogP contribution >= 0.6 is 0 Å². The first-order chi connectivity index (χ1) is 8.05. The fraction of sp³-hybridized carbons (Fsp3) is 0.364. The molecule has 0 atom stereocenters. The Kier molecular flexibility index (Phi) is 4.51. The van der Waals surface area contributed by atoms with Gasteiger partial charge in [0.25, 0.3) is 0 Å². The van der Waals surface area contributed by atoms with Crippen LogP contribution in [-0.2, 0) is 14.6 Å². The summed E-state index contributed by atoms with van der Waals surface area (Å²) in [5, 5.41) is 0. The highest BCUT2D eigenvalue weighted by Gasteiger charge is 2.20. The highest BCUT2D eigenvalue weighted by Crippen LogP contribution is 2.29. The summed E-state index contributed by atoms with van der Waals surface area (Å²) in [6.07, 6.45) is 0.535. The topological polar surface area (TPSA) is 69.7 Å². The number of sulfone groups is 1. The van der Waals surface area contributed by atoms with Crippen molar-refractivity contribution in [2.75, 3.05) is 20.0 Å². The molecule has 0 fully saturated rings. The standard InChI is InChI=1S/C11H14O5S/c1-15-9-4-5-10(16-2)11(8-9)17(13,14)7-3-6-12/h4-6,8H,3,7H2,1-2H3. The number of benzene rings is 1. The van der Waals surface area contributed by atoms with Crippen molar-refractivity contribution >= 4 is 16.1 Å². The van der Waals surface area contributed by atoms with Crippen molar-refractivity contribution in [2.45, 2.75) is 11.3 Å². The van der Waals surface area contributed by atoms with Crippen LogP contribution in [0, 0.1) is 0 Å². The molecule has 6 heteroatoms. The molecule has 0 spiro atoms. The second-order valence-electron chi connectivity index (χ2n) is 3.29. The molecule has 0 amide bonds. The average Bonchev–Trinajstić information content (AvgIpc) is 2.35. The minimum Gasteiger partial charge on any atom is -0.497 e. The van der Waals surface area contributed by atoms with E-state index < -0.39 is 9.84 Å². The number of hydrogen-bond acceptors (Lipinski definition) is 5. The second-order valence-corrected chi connectivity index (χ2v) is 5.37. The molecule has 0 saturated heterocycles. The third-order valence-electron chi connectivity index (χ3n) is 2.21. The zero-order valence-electron chi connectivity index (χ0n) is 9.67. The molecule has 17 heavy (non-hydrogen) atoms. The summed E-state index contributed by atoms with van der Waals surface area (Å²) < 4.78 is 33.8. The van der Waals surface area contributed by atoms with Gasteiger partial charge in [0.15, 0.2) is 9.84 Å². The van der Waals surface area contributed by atoms with Gasteiger partial charge in [-0.1, -0.05) is 0 Å². The van der Waals surface area contributed by atoms with E-state index in [0.717, 1.165) is 0 Å². The summed E-state index contributed by atoms with van der Waals surface area (Å²) in [6, 6.07) is 4.52. The number of aldehydes is 1. The molecule has 1 rings (SSSR count). The largest absolute Gasteiger partial charge is 0.497 e. The first-order valence-electron chi connectivity index (χ1n) is 4.93. The van der Waals surface area contributed by atoms with Gasteiger partial charge < -0.3 is 14.3 Å². The van der Waals surface area contributed by atoms with Crippen molar-refractivity contribution in [1.82, 2.24) is 0 Å². The zero-order valence-corrected chi connectivity index (χ0v) is 10.5. The van der Waals surface area contributed by atoms with Gasteiger partial charge in [0, 0.05) is 12.5 Å². The van der Waals surface area contributed by atoms with Gasteiger partial charge in [-0.25, -0.2) is 8.42 Å². The summed E-state index contributed by atoms with van der Waals surface area (Å²) in [5.74, 6) is 0.437. The molecule has 0 aromatic heterocycles. The van der Waals surface area contributed by atoms with E-state index in [4.69, 9.17) is 9.47 Å². The normalized spacial score (nSPS) is 10.9. The van der Waals surface area contributed by atoms with Crippen LogP contribution in [0.4, 0.5) is 0 Å². The van der Waals surface area contributed by atoms with Crippen LogP contribution in [0.3, 0.4) is 0 Å². The summed E-state index contributed by atoms with van der Waals surface area (Å²) >= 11 is 0. The number of methoxy groups -OCH3 is 2. The highest BCUT2D eigenvalue weighted by molar-refractivity contribution is 7.91. The zero-order chi connectivity index (χ0) is 12.9. The van der Waals surface area contributed by atoms with E-state index in [1.807, 2.05) is 0 Å². The van der Waals surface area contributed by atoms with Gasteiger partial charge in [0.2, 0.25) is 0 Å². The van der Waals surface area contributed by atoms with E-state index in [1.54, 1.807) is 6.07 Å².